The molecule has 1 heterocycles. The number of rotatable bonds is 5. The smallest absolute Gasteiger partial charge is 0.220 e. The molecule has 1 aromatic carbocycles. The van der Waals surface area contributed by atoms with Crippen molar-refractivity contribution >= 4 is 18.3 Å². The van der Waals surface area contributed by atoms with Gasteiger partial charge in [-0.3, -0.25) is 4.79 Å². The highest BCUT2D eigenvalue weighted by atomic mass is 35.5. The third kappa shape index (κ3) is 4.27. The summed E-state index contributed by atoms with van der Waals surface area (Å²) in [5, 5.41) is 6.81. The second-order valence-electron chi connectivity index (χ2n) is 7.14. The summed E-state index contributed by atoms with van der Waals surface area (Å²) in [7, 11) is 0. The van der Waals surface area contributed by atoms with Crippen molar-refractivity contribution in [2.45, 2.75) is 51.0 Å². The molecule has 128 valence electrons. The Bertz CT molecular complexity index is 495. The number of hydrogen-bond acceptors (Lipinski definition) is 2. The fraction of sp³-hybridized carbons (Fsp3) is 0.632. The van der Waals surface area contributed by atoms with E-state index in [9.17, 15) is 4.79 Å². The zero-order valence-corrected chi connectivity index (χ0v) is 14.8. The van der Waals surface area contributed by atoms with Gasteiger partial charge in [-0.25, -0.2) is 0 Å². The Morgan fingerprint density at radius 2 is 2.04 bits per heavy atom. The maximum atomic E-state index is 12.5. The van der Waals surface area contributed by atoms with Gasteiger partial charge >= 0.3 is 0 Å². The normalized spacial score (nSPS) is 24.0. The van der Waals surface area contributed by atoms with Gasteiger partial charge in [-0.15, -0.1) is 12.4 Å². The molecular weight excluding hydrogens is 308 g/mol. The van der Waals surface area contributed by atoms with E-state index in [-0.39, 0.29) is 23.9 Å². The van der Waals surface area contributed by atoms with Crippen molar-refractivity contribution in [3.63, 3.8) is 0 Å². The summed E-state index contributed by atoms with van der Waals surface area (Å²) in [6, 6.07) is 10.5. The molecule has 0 bridgehead atoms. The first kappa shape index (κ1) is 18.3. The van der Waals surface area contributed by atoms with Gasteiger partial charge in [-0.05, 0) is 62.6 Å². The standard InChI is InChI=1S/C19H28N2O.ClH/c1-15(16-7-5-12-20-14-16)13-18(22)21-19(10-6-11-19)17-8-3-2-4-9-17;/h2-4,8-9,15-16,20H,5-7,10-14H2,1H3,(H,21,22);1H. The van der Waals surface area contributed by atoms with Crippen LogP contribution in [0, 0.1) is 11.8 Å². The van der Waals surface area contributed by atoms with Crippen molar-refractivity contribution in [3.05, 3.63) is 35.9 Å². The molecule has 3 rings (SSSR count). The second kappa shape index (κ2) is 8.16. The number of nitrogens with one attached hydrogen (secondary N) is 2. The predicted octanol–water partition coefficient (Wildman–Crippen LogP) is 3.63. The van der Waals surface area contributed by atoms with Gasteiger partial charge in [-0.2, -0.15) is 0 Å². The third-order valence-electron chi connectivity index (χ3n) is 5.56. The lowest BCUT2D eigenvalue weighted by atomic mass is 9.71. The zero-order chi connectivity index (χ0) is 15.4. The Kier molecular flexibility index (Phi) is 6.49. The average Bonchev–Trinajstić information content (AvgIpc) is 2.52. The van der Waals surface area contributed by atoms with Crippen LogP contribution in [0.2, 0.25) is 0 Å². The van der Waals surface area contributed by atoms with Crippen LogP contribution in [-0.4, -0.2) is 19.0 Å². The van der Waals surface area contributed by atoms with Crippen LogP contribution in [-0.2, 0) is 10.3 Å². The molecule has 1 saturated heterocycles. The summed E-state index contributed by atoms with van der Waals surface area (Å²) in [6.07, 6.45) is 6.50. The van der Waals surface area contributed by atoms with Gasteiger partial charge in [0, 0.05) is 6.42 Å². The minimum absolute atomic E-state index is 0. The van der Waals surface area contributed by atoms with Gasteiger partial charge < -0.3 is 10.6 Å². The Morgan fingerprint density at radius 1 is 1.30 bits per heavy atom. The van der Waals surface area contributed by atoms with Gasteiger partial charge in [0.25, 0.3) is 0 Å². The number of carbonyl (C=O) groups excluding carboxylic acids is 1. The third-order valence-corrected chi connectivity index (χ3v) is 5.56. The van der Waals surface area contributed by atoms with Crippen molar-refractivity contribution in [2.24, 2.45) is 11.8 Å². The Balaban J connectivity index is 0.00000192. The summed E-state index contributed by atoms with van der Waals surface area (Å²) in [5.74, 6) is 1.33. The number of carbonyl (C=O) groups is 1. The molecule has 0 radical (unpaired) electrons. The van der Waals surface area contributed by atoms with E-state index in [2.05, 4.69) is 41.8 Å². The molecule has 1 aromatic rings. The van der Waals surface area contributed by atoms with Crippen LogP contribution in [0.4, 0.5) is 0 Å². The largest absolute Gasteiger partial charge is 0.347 e. The monoisotopic (exact) mass is 336 g/mol. The number of amides is 1. The lowest BCUT2D eigenvalue weighted by Crippen LogP contribution is -2.51. The molecule has 0 spiro atoms. The summed E-state index contributed by atoms with van der Waals surface area (Å²) in [5.41, 5.74) is 1.17. The molecule has 1 aliphatic heterocycles. The summed E-state index contributed by atoms with van der Waals surface area (Å²) < 4.78 is 0. The molecule has 1 amide bonds. The second-order valence-corrected chi connectivity index (χ2v) is 7.14. The van der Waals surface area contributed by atoms with E-state index in [1.807, 2.05) is 6.07 Å². The minimum Gasteiger partial charge on any atom is -0.347 e. The Hall–Kier alpha value is -1.06. The molecule has 2 unspecified atom stereocenters. The summed E-state index contributed by atoms with van der Waals surface area (Å²) >= 11 is 0. The van der Waals surface area contributed by atoms with Gasteiger partial charge in [0.15, 0.2) is 0 Å². The molecule has 2 fully saturated rings. The minimum atomic E-state index is -0.0944. The quantitative estimate of drug-likeness (QED) is 0.862. The van der Waals surface area contributed by atoms with Crippen molar-refractivity contribution in [3.8, 4) is 0 Å². The van der Waals surface area contributed by atoms with Crippen molar-refractivity contribution in [2.75, 3.05) is 13.1 Å². The average molecular weight is 337 g/mol. The van der Waals surface area contributed by atoms with E-state index in [0.29, 0.717) is 18.3 Å². The van der Waals surface area contributed by atoms with E-state index in [0.717, 1.165) is 25.9 Å². The van der Waals surface area contributed by atoms with Crippen molar-refractivity contribution in [1.82, 2.24) is 10.6 Å². The summed E-state index contributed by atoms with van der Waals surface area (Å²) in [6.45, 7) is 4.43. The van der Waals surface area contributed by atoms with E-state index in [1.165, 1.54) is 24.8 Å². The van der Waals surface area contributed by atoms with Crippen LogP contribution < -0.4 is 10.6 Å². The van der Waals surface area contributed by atoms with Crippen LogP contribution in [0.15, 0.2) is 30.3 Å². The lowest BCUT2D eigenvalue weighted by Gasteiger charge is -2.43. The number of halogens is 1. The molecular formula is C19H29ClN2O. The molecule has 0 aromatic heterocycles. The highest BCUT2D eigenvalue weighted by Gasteiger charge is 2.40. The van der Waals surface area contributed by atoms with Gasteiger partial charge in [0.2, 0.25) is 5.91 Å². The zero-order valence-electron chi connectivity index (χ0n) is 14.0. The molecule has 23 heavy (non-hydrogen) atoms. The molecule has 1 aliphatic carbocycles. The van der Waals surface area contributed by atoms with E-state index < -0.39 is 0 Å². The number of hydrogen-bond donors (Lipinski definition) is 2. The number of benzene rings is 1. The highest BCUT2D eigenvalue weighted by molar-refractivity contribution is 5.85. The van der Waals surface area contributed by atoms with E-state index in [1.54, 1.807) is 0 Å². The maximum Gasteiger partial charge on any atom is 0.220 e. The molecule has 3 nitrogen and oxygen atoms in total. The highest BCUT2D eigenvalue weighted by Crippen LogP contribution is 2.41. The van der Waals surface area contributed by atoms with Crippen molar-refractivity contribution < 1.29 is 4.79 Å². The fourth-order valence-corrected chi connectivity index (χ4v) is 3.91. The summed E-state index contributed by atoms with van der Waals surface area (Å²) in [4.78, 5) is 12.5. The Morgan fingerprint density at radius 3 is 2.61 bits per heavy atom. The SMILES string of the molecule is CC(CC(=O)NC1(c2ccccc2)CCC1)C1CCCNC1.Cl. The van der Waals surface area contributed by atoms with Crippen LogP contribution >= 0.6 is 12.4 Å². The van der Waals surface area contributed by atoms with E-state index in [4.69, 9.17) is 0 Å². The lowest BCUT2D eigenvalue weighted by molar-refractivity contribution is -0.125. The van der Waals surface area contributed by atoms with Gasteiger partial charge in [0.05, 0.1) is 5.54 Å². The molecule has 2 atom stereocenters. The first-order chi connectivity index (χ1) is 10.7. The predicted molar refractivity (Wildman–Crippen MR) is 96.7 cm³/mol. The maximum absolute atomic E-state index is 12.5. The van der Waals surface area contributed by atoms with Gasteiger partial charge in [0.1, 0.15) is 0 Å². The van der Waals surface area contributed by atoms with Crippen LogP contribution in [0.5, 0.6) is 0 Å². The van der Waals surface area contributed by atoms with Crippen LogP contribution in [0.1, 0.15) is 51.0 Å². The van der Waals surface area contributed by atoms with Crippen molar-refractivity contribution in [1.29, 1.82) is 0 Å². The van der Waals surface area contributed by atoms with Crippen LogP contribution in [0.25, 0.3) is 0 Å². The van der Waals surface area contributed by atoms with Gasteiger partial charge in [-0.1, -0.05) is 37.3 Å². The molecule has 2 aliphatic rings. The van der Waals surface area contributed by atoms with E-state index >= 15 is 0 Å². The first-order valence-electron chi connectivity index (χ1n) is 8.77. The fourth-order valence-electron chi connectivity index (χ4n) is 3.91. The Labute approximate surface area is 146 Å². The molecule has 4 heteroatoms. The number of piperidine rings is 1. The topological polar surface area (TPSA) is 41.1 Å². The first-order valence-corrected chi connectivity index (χ1v) is 8.77. The molecule has 2 N–H and O–H groups in total. The molecule has 1 saturated carbocycles. The van der Waals surface area contributed by atoms with Crippen LogP contribution in [0.3, 0.4) is 0 Å².